The topological polar surface area (TPSA) is 83.6 Å². The van der Waals surface area contributed by atoms with Crippen molar-refractivity contribution in [3.8, 4) is 0 Å². The van der Waals surface area contributed by atoms with E-state index in [4.69, 9.17) is 10.8 Å². The van der Waals surface area contributed by atoms with Crippen molar-refractivity contribution < 1.29 is 14.7 Å². The summed E-state index contributed by atoms with van der Waals surface area (Å²) in [6, 6.07) is 6.69. The Kier molecular flexibility index (Phi) is 4.85. The summed E-state index contributed by atoms with van der Waals surface area (Å²) >= 11 is 0. The summed E-state index contributed by atoms with van der Waals surface area (Å²) in [6.45, 7) is 1.96. The van der Waals surface area contributed by atoms with E-state index in [1.54, 1.807) is 7.05 Å². The fourth-order valence-electron chi connectivity index (χ4n) is 1.55. The van der Waals surface area contributed by atoms with Gasteiger partial charge in [0.25, 0.3) is 0 Å². The molecule has 1 aromatic rings. The van der Waals surface area contributed by atoms with Crippen molar-refractivity contribution in [3.63, 3.8) is 0 Å². The lowest BCUT2D eigenvalue weighted by Crippen LogP contribution is -2.42. The van der Waals surface area contributed by atoms with Gasteiger partial charge in [0.15, 0.2) is 0 Å². The summed E-state index contributed by atoms with van der Waals surface area (Å²) in [6.07, 6.45) is 0.0407. The molecule has 0 saturated heterocycles. The van der Waals surface area contributed by atoms with Gasteiger partial charge in [-0.25, -0.2) is 0 Å². The van der Waals surface area contributed by atoms with Gasteiger partial charge >= 0.3 is 5.97 Å². The number of rotatable bonds is 5. The Morgan fingerprint density at radius 3 is 2.39 bits per heavy atom. The third-order valence-corrected chi connectivity index (χ3v) is 2.74. The highest BCUT2D eigenvalue weighted by atomic mass is 16.4. The summed E-state index contributed by atoms with van der Waals surface area (Å²) in [5.74, 6) is -1.23. The van der Waals surface area contributed by atoms with Gasteiger partial charge in [-0.05, 0) is 25.5 Å². The number of carbonyl (C=O) groups is 2. The lowest BCUT2D eigenvalue weighted by Gasteiger charge is -2.21. The smallest absolute Gasteiger partial charge is 0.303 e. The quantitative estimate of drug-likeness (QED) is 0.821. The van der Waals surface area contributed by atoms with E-state index in [0.717, 1.165) is 11.3 Å². The third kappa shape index (κ3) is 3.85. The predicted molar refractivity (Wildman–Crippen MR) is 69.4 cm³/mol. The molecule has 5 nitrogen and oxygen atoms in total. The predicted octanol–water partition coefficient (Wildman–Crippen LogP) is 1.15. The minimum absolute atomic E-state index is 0.103. The Bertz CT molecular complexity index is 428. The molecule has 5 heteroatoms. The van der Waals surface area contributed by atoms with E-state index in [2.05, 4.69) is 0 Å². The van der Waals surface area contributed by atoms with Crippen LogP contribution in [0.1, 0.15) is 18.4 Å². The first-order valence-corrected chi connectivity index (χ1v) is 5.73. The minimum atomic E-state index is -0.948. The number of carboxylic acid groups (broad SMARTS) is 1. The molecule has 18 heavy (non-hydrogen) atoms. The average Bonchev–Trinajstić information content (AvgIpc) is 2.35. The highest BCUT2D eigenvalue weighted by Crippen LogP contribution is 2.14. The van der Waals surface area contributed by atoms with Gasteiger partial charge < -0.3 is 15.7 Å². The van der Waals surface area contributed by atoms with Crippen molar-refractivity contribution in [2.75, 3.05) is 11.9 Å². The van der Waals surface area contributed by atoms with Crippen LogP contribution in [0.25, 0.3) is 0 Å². The second-order valence-electron chi connectivity index (χ2n) is 4.27. The summed E-state index contributed by atoms with van der Waals surface area (Å²) in [4.78, 5) is 23.8. The number of hydrogen-bond donors (Lipinski definition) is 2. The molecule has 0 aliphatic heterocycles. The van der Waals surface area contributed by atoms with Gasteiger partial charge in [-0.3, -0.25) is 9.59 Å². The van der Waals surface area contributed by atoms with Gasteiger partial charge in [0.1, 0.15) is 0 Å². The van der Waals surface area contributed by atoms with E-state index in [1.165, 1.54) is 4.90 Å². The van der Waals surface area contributed by atoms with E-state index in [-0.39, 0.29) is 18.7 Å². The van der Waals surface area contributed by atoms with Gasteiger partial charge in [-0.2, -0.15) is 0 Å². The van der Waals surface area contributed by atoms with Gasteiger partial charge in [0.2, 0.25) is 5.91 Å². The number of anilines is 1. The Hall–Kier alpha value is -1.88. The number of amides is 1. The van der Waals surface area contributed by atoms with E-state index in [1.807, 2.05) is 31.2 Å². The van der Waals surface area contributed by atoms with Crippen LogP contribution in [0, 0.1) is 6.92 Å². The fraction of sp³-hybridized carbons (Fsp3) is 0.385. The molecular formula is C13H18N2O3. The molecule has 0 radical (unpaired) electrons. The number of carboxylic acids is 1. The number of benzene rings is 1. The van der Waals surface area contributed by atoms with Crippen LogP contribution in [0.3, 0.4) is 0 Å². The standard InChI is InChI=1S/C13H18N2O3/c1-9-3-5-10(6-4-9)15(2)13(18)11(14)7-8-12(16)17/h3-6,11H,7-8,14H2,1-2H3,(H,16,17). The SMILES string of the molecule is Cc1ccc(N(C)C(=O)C(N)CCC(=O)O)cc1. The molecule has 0 aromatic heterocycles. The normalized spacial score (nSPS) is 11.9. The Morgan fingerprint density at radius 1 is 1.33 bits per heavy atom. The molecule has 1 rings (SSSR count). The number of aliphatic carboxylic acids is 1. The molecule has 0 fully saturated rings. The first-order valence-electron chi connectivity index (χ1n) is 5.73. The Balaban J connectivity index is 2.65. The van der Waals surface area contributed by atoms with Gasteiger partial charge in [0, 0.05) is 19.2 Å². The average molecular weight is 250 g/mol. The van der Waals surface area contributed by atoms with E-state index in [9.17, 15) is 9.59 Å². The lowest BCUT2D eigenvalue weighted by molar-refractivity contribution is -0.137. The van der Waals surface area contributed by atoms with Crippen LogP contribution >= 0.6 is 0 Å². The van der Waals surface area contributed by atoms with Crippen LogP contribution in [0.4, 0.5) is 5.69 Å². The largest absolute Gasteiger partial charge is 0.481 e. The third-order valence-electron chi connectivity index (χ3n) is 2.74. The monoisotopic (exact) mass is 250 g/mol. The number of hydrogen-bond acceptors (Lipinski definition) is 3. The summed E-state index contributed by atoms with van der Waals surface area (Å²) in [5, 5.41) is 8.55. The van der Waals surface area contributed by atoms with Gasteiger partial charge in [-0.1, -0.05) is 17.7 Å². The van der Waals surface area contributed by atoms with Crippen molar-refractivity contribution in [2.24, 2.45) is 5.73 Å². The fourth-order valence-corrected chi connectivity index (χ4v) is 1.55. The minimum Gasteiger partial charge on any atom is -0.481 e. The van der Waals surface area contributed by atoms with Crippen LogP contribution in [0.2, 0.25) is 0 Å². The molecule has 0 aliphatic rings. The molecule has 1 unspecified atom stereocenters. The maximum atomic E-state index is 11.9. The molecule has 98 valence electrons. The van der Waals surface area contributed by atoms with Crippen molar-refractivity contribution in [3.05, 3.63) is 29.8 Å². The lowest BCUT2D eigenvalue weighted by atomic mass is 10.1. The van der Waals surface area contributed by atoms with Crippen molar-refractivity contribution in [1.29, 1.82) is 0 Å². The van der Waals surface area contributed by atoms with E-state index in [0.29, 0.717) is 0 Å². The number of likely N-dealkylation sites (N-methyl/N-ethyl adjacent to an activating group) is 1. The summed E-state index contributed by atoms with van der Waals surface area (Å²) in [7, 11) is 1.63. The molecule has 0 saturated carbocycles. The first-order chi connectivity index (χ1) is 8.41. The second kappa shape index (κ2) is 6.16. The number of nitrogens with two attached hydrogens (primary N) is 1. The number of carbonyl (C=O) groups excluding carboxylic acids is 1. The molecule has 0 heterocycles. The Labute approximate surface area is 106 Å². The highest BCUT2D eigenvalue weighted by Gasteiger charge is 2.19. The van der Waals surface area contributed by atoms with Crippen LogP contribution < -0.4 is 10.6 Å². The molecule has 1 aromatic carbocycles. The zero-order chi connectivity index (χ0) is 13.7. The summed E-state index contributed by atoms with van der Waals surface area (Å²) < 4.78 is 0. The summed E-state index contributed by atoms with van der Waals surface area (Å²) in [5.41, 5.74) is 7.53. The maximum Gasteiger partial charge on any atom is 0.303 e. The van der Waals surface area contributed by atoms with Crippen LogP contribution in [-0.2, 0) is 9.59 Å². The molecule has 0 bridgehead atoms. The molecular weight excluding hydrogens is 232 g/mol. The number of nitrogens with zero attached hydrogens (tertiary/aromatic N) is 1. The molecule has 0 aliphatic carbocycles. The second-order valence-corrected chi connectivity index (χ2v) is 4.27. The molecule has 1 amide bonds. The van der Waals surface area contributed by atoms with Gasteiger partial charge in [0.05, 0.1) is 6.04 Å². The first kappa shape index (κ1) is 14.2. The van der Waals surface area contributed by atoms with Crippen LogP contribution in [0.15, 0.2) is 24.3 Å². The van der Waals surface area contributed by atoms with E-state index < -0.39 is 12.0 Å². The Morgan fingerprint density at radius 2 is 1.89 bits per heavy atom. The van der Waals surface area contributed by atoms with Crippen LogP contribution in [0.5, 0.6) is 0 Å². The van der Waals surface area contributed by atoms with Crippen molar-refractivity contribution in [1.82, 2.24) is 0 Å². The highest BCUT2D eigenvalue weighted by molar-refractivity contribution is 5.96. The zero-order valence-electron chi connectivity index (χ0n) is 10.6. The molecule has 0 spiro atoms. The van der Waals surface area contributed by atoms with E-state index >= 15 is 0 Å². The van der Waals surface area contributed by atoms with Crippen molar-refractivity contribution >= 4 is 17.6 Å². The maximum absolute atomic E-state index is 11.9. The van der Waals surface area contributed by atoms with Crippen LogP contribution in [-0.4, -0.2) is 30.1 Å². The molecule has 1 atom stereocenters. The number of aryl methyl sites for hydroxylation is 1. The molecule has 3 N–H and O–H groups in total. The van der Waals surface area contributed by atoms with Crippen molar-refractivity contribution in [2.45, 2.75) is 25.8 Å². The zero-order valence-corrected chi connectivity index (χ0v) is 10.6. The van der Waals surface area contributed by atoms with Gasteiger partial charge in [-0.15, -0.1) is 0 Å².